The first kappa shape index (κ1) is 22.9. The van der Waals surface area contributed by atoms with E-state index in [4.69, 9.17) is 5.11 Å². The number of carbonyl (C=O) groups is 1. The minimum atomic E-state index is -1.07. The molecule has 2 unspecified atom stereocenters. The lowest BCUT2D eigenvalue weighted by Crippen LogP contribution is -2.04. The lowest BCUT2D eigenvalue weighted by atomic mass is 10.1. The molecule has 0 aliphatic heterocycles. The van der Waals surface area contributed by atoms with E-state index in [1.54, 1.807) is 30.4 Å². The lowest BCUT2D eigenvalue weighted by molar-refractivity contribution is -0.131. The molecule has 2 atom stereocenters. The molecule has 0 spiro atoms. The second-order valence-corrected chi connectivity index (χ2v) is 5.69. The first-order valence-electron chi connectivity index (χ1n) is 8.63. The van der Waals surface area contributed by atoms with E-state index in [-0.39, 0.29) is 11.9 Å². The average Bonchev–Trinajstić information content (AvgIpc) is 2.57. The molecule has 0 fully saturated rings. The van der Waals surface area contributed by atoms with Crippen LogP contribution in [0.3, 0.4) is 0 Å². The second-order valence-electron chi connectivity index (χ2n) is 5.69. The van der Waals surface area contributed by atoms with Crippen molar-refractivity contribution in [3.63, 3.8) is 0 Å². The number of aliphatic hydroxyl groups is 3. The molecule has 0 aromatic heterocycles. The monoisotopic (exact) mass is 350 g/mol. The summed E-state index contributed by atoms with van der Waals surface area (Å²) < 4.78 is 0. The molecule has 0 aromatic rings. The van der Waals surface area contributed by atoms with Crippen LogP contribution in [-0.4, -0.2) is 38.6 Å². The molecule has 4 N–H and O–H groups in total. The van der Waals surface area contributed by atoms with E-state index in [0.717, 1.165) is 38.2 Å². The van der Waals surface area contributed by atoms with Crippen molar-refractivity contribution in [3.8, 4) is 0 Å². The van der Waals surface area contributed by atoms with Crippen LogP contribution in [0.4, 0.5) is 0 Å². The van der Waals surface area contributed by atoms with Crippen LogP contribution in [-0.2, 0) is 4.79 Å². The van der Waals surface area contributed by atoms with Crippen LogP contribution in [0, 0.1) is 0 Å². The molecule has 0 rings (SSSR count). The summed E-state index contributed by atoms with van der Waals surface area (Å²) in [7, 11) is 0. The third-order valence-electron chi connectivity index (χ3n) is 3.45. The highest BCUT2D eigenvalue weighted by Gasteiger charge is 2.01. The average molecular weight is 350 g/mol. The number of aliphatic hydroxyl groups excluding tert-OH is 3. The Morgan fingerprint density at radius 3 is 2.24 bits per heavy atom. The summed E-state index contributed by atoms with van der Waals surface area (Å²) in [6.07, 6.45) is 17.9. The van der Waals surface area contributed by atoms with Crippen LogP contribution >= 0.6 is 0 Å². The Hall–Kier alpha value is -2.11. The van der Waals surface area contributed by atoms with E-state index in [1.165, 1.54) is 18.2 Å². The van der Waals surface area contributed by atoms with Gasteiger partial charge in [-0.15, -0.1) is 0 Å². The fraction of sp³-hybridized carbons (Fsp3) is 0.450. The summed E-state index contributed by atoms with van der Waals surface area (Å²) in [5.41, 5.74) is 0. The van der Waals surface area contributed by atoms with Gasteiger partial charge in [0.05, 0.1) is 12.2 Å². The van der Waals surface area contributed by atoms with Crippen LogP contribution in [0.15, 0.2) is 60.4 Å². The van der Waals surface area contributed by atoms with Gasteiger partial charge in [-0.1, -0.05) is 62.6 Å². The molecule has 5 heteroatoms. The number of carboxylic acids is 1. The molecule has 0 saturated heterocycles. The molecule has 0 radical (unpaired) electrons. The van der Waals surface area contributed by atoms with Gasteiger partial charge in [-0.25, -0.2) is 4.79 Å². The number of rotatable bonds is 13. The van der Waals surface area contributed by atoms with Crippen LogP contribution in [0.2, 0.25) is 0 Å². The topological polar surface area (TPSA) is 98.0 Å². The summed E-state index contributed by atoms with van der Waals surface area (Å²) in [6.45, 7) is 1.97. The largest absolute Gasteiger partial charge is 0.508 e. The summed E-state index contributed by atoms with van der Waals surface area (Å²) in [5, 5.41) is 37.0. The van der Waals surface area contributed by atoms with Gasteiger partial charge in [0.2, 0.25) is 0 Å². The number of carboxylic acid groups (broad SMARTS) is 1. The van der Waals surface area contributed by atoms with Crippen molar-refractivity contribution in [3.05, 3.63) is 60.4 Å². The molecule has 0 heterocycles. The predicted molar refractivity (Wildman–Crippen MR) is 100 cm³/mol. The minimum Gasteiger partial charge on any atom is -0.508 e. The maximum absolute atomic E-state index is 10.2. The Labute approximate surface area is 150 Å². The van der Waals surface area contributed by atoms with Gasteiger partial charge in [0.25, 0.3) is 0 Å². The Bertz CT molecular complexity index is 500. The van der Waals surface area contributed by atoms with Gasteiger partial charge >= 0.3 is 5.97 Å². The molecule has 0 aliphatic rings. The Morgan fingerprint density at radius 2 is 1.56 bits per heavy atom. The van der Waals surface area contributed by atoms with E-state index in [0.29, 0.717) is 6.42 Å². The van der Waals surface area contributed by atoms with Crippen molar-refractivity contribution in [2.75, 3.05) is 0 Å². The third kappa shape index (κ3) is 16.5. The van der Waals surface area contributed by atoms with E-state index in [1.807, 2.05) is 6.92 Å². The summed E-state index contributed by atoms with van der Waals surface area (Å²) in [6, 6.07) is 0. The van der Waals surface area contributed by atoms with Gasteiger partial charge in [0.15, 0.2) is 0 Å². The first-order valence-corrected chi connectivity index (χ1v) is 8.63. The van der Waals surface area contributed by atoms with E-state index in [9.17, 15) is 20.1 Å². The third-order valence-corrected chi connectivity index (χ3v) is 3.45. The zero-order chi connectivity index (χ0) is 18.9. The Kier molecular flexibility index (Phi) is 14.1. The fourth-order valence-electron chi connectivity index (χ4n) is 1.97. The highest BCUT2D eigenvalue weighted by molar-refractivity contribution is 5.80. The fourth-order valence-corrected chi connectivity index (χ4v) is 1.97. The van der Waals surface area contributed by atoms with Gasteiger partial charge in [0.1, 0.15) is 5.76 Å². The lowest BCUT2D eigenvalue weighted by Gasteiger charge is -2.08. The second kappa shape index (κ2) is 15.4. The Morgan fingerprint density at radius 1 is 0.880 bits per heavy atom. The summed E-state index contributed by atoms with van der Waals surface area (Å²) >= 11 is 0. The molecule has 25 heavy (non-hydrogen) atoms. The van der Waals surface area contributed by atoms with Crippen LogP contribution in [0.25, 0.3) is 0 Å². The smallest absolute Gasteiger partial charge is 0.328 e. The predicted octanol–water partition coefficient (Wildman–Crippen LogP) is 3.82. The molecule has 0 amide bonds. The quantitative estimate of drug-likeness (QED) is 0.175. The number of allylic oxidation sites excluding steroid dienone is 7. The van der Waals surface area contributed by atoms with E-state index < -0.39 is 12.1 Å². The summed E-state index contributed by atoms with van der Waals surface area (Å²) in [4.78, 5) is 10.2. The normalized spacial score (nSPS) is 15.7. The summed E-state index contributed by atoms with van der Waals surface area (Å²) in [5.74, 6) is -1.13. The van der Waals surface area contributed by atoms with Crippen molar-refractivity contribution in [2.24, 2.45) is 0 Å². The minimum absolute atomic E-state index is 0.0562. The van der Waals surface area contributed by atoms with Crippen molar-refractivity contribution in [1.29, 1.82) is 0 Å². The van der Waals surface area contributed by atoms with Crippen LogP contribution in [0.5, 0.6) is 0 Å². The van der Waals surface area contributed by atoms with Crippen molar-refractivity contribution >= 4 is 5.97 Å². The molecular formula is C20H30O5. The molecular weight excluding hydrogens is 320 g/mol. The number of hydrogen-bond acceptors (Lipinski definition) is 4. The van der Waals surface area contributed by atoms with Crippen LogP contribution < -0.4 is 0 Å². The van der Waals surface area contributed by atoms with E-state index in [2.05, 4.69) is 0 Å². The Balaban J connectivity index is 3.92. The van der Waals surface area contributed by atoms with E-state index >= 15 is 0 Å². The van der Waals surface area contributed by atoms with Gasteiger partial charge in [-0.3, -0.25) is 0 Å². The molecule has 140 valence electrons. The standard InChI is InChI=1S/C20H30O5/c1-2-17(21)11-8-5-9-14-18(22)12-6-3-4-7-13-19(23)15-10-16-20(24)25/h3-4,6-7,10,12-13,15-18,21-23H,2,5,8-9,11,14H2,1H3,(H,24,25)/b4-3+,12-6+,13-7+,16-10+,19-15-. The van der Waals surface area contributed by atoms with Crippen LogP contribution in [0.1, 0.15) is 45.4 Å². The molecule has 0 saturated carbocycles. The van der Waals surface area contributed by atoms with Crippen molar-refractivity contribution in [2.45, 2.75) is 57.7 Å². The maximum Gasteiger partial charge on any atom is 0.328 e. The number of unbranched alkanes of at least 4 members (excludes halogenated alkanes) is 2. The zero-order valence-corrected chi connectivity index (χ0v) is 14.8. The van der Waals surface area contributed by atoms with Gasteiger partial charge in [0, 0.05) is 6.08 Å². The van der Waals surface area contributed by atoms with Gasteiger partial charge in [-0.2, -0.15) is 0 Å². The van der Waals surface area contributed by atoms with Crippen molar-refractivity contribution < 1.29 is 25.2 Å². The molecule has 5 nitrogen and oxygen atoms in total. The zero-order valence-electron chi connectivity index (χ0n) is 14.8. The highest BCUT2D eigenvalue weighted by atomic mass is 16.4. The first-order chi connectivity index (χ1) is 12.0. The molecule has 0 aliphatic carbocycles. The van der Waals surface area contributed by atoms with Gasteiger partial charge < -0.3 is 20.4 Å². The van der Waals surface area contributed by atoms with Gasteiger partial charge in [-0.05, 0) is 31.4 Å². The maximum atomic E-state index is 10.2. The molecule has 0 bridgehead atoms. The molecule has 0 aromatic carbocycles. The number of hydrogen-bond donors (Lipinski definition) is 4. The number of aliphatic carboxylic acids is 1. The van der Waals surface area contributed by atoms with Crippen molar-refractivity contribution in [1.82, 2.24) is 0 Å². The SMILES string of the molecule is CCC(O)CCCCCC(O)/C=C/C=C/C=C/C(O)=C/C=C/C(=O)O. The highest BCUT2D eigenvalue weighted by Crippen LogP contribution is 2.09.